The Morgan fingerprint density at radius 3 is 1.59 bits per heavy atom. The van der Waals surface area contributed by atoms with Crippen molar-refractivity contribution in [2.24, 2.45) is 53.3 Å². The number of para-hydroxylation sites is 1. The molecule has 3 saturated carbocycles. The SMILES string of the molecule is COc1ccc2c(c1)C1C(CC[Si](C)(C)CN3c4ccccc4C4C(CC[Si](C)(C)CN5c6ccc(C)cc6C6C(C)C7C=CC=CC7C65)C5C=CC=CC5C43)C3C=CC=CC3C1N2[Si](C)(C)C. The van der Waals surface area contributed by atoms with Crippen LogP contribution in [0.15, 0.2) is 134 Å². The minimum absolute atomic E-state index is 0.542. The summed E-state index contributed by atoms with van der Waals surface area (Å²) in [5, 5.41) is 0. The van der Waals surface area contributed by atoms with Crippen molar-refractivity contribution in [2.75, 3.05) is 33.8 Å². The molecular formula is C61H79N3OSi3. The number of hydrogen-bond acceptors (Lipinski definition) is 4. The van der Waals surface area contributed by atoms with Crippen LogP contribution in [0.4, 0.5) is 17.1 Å². The van der Waals surface area contributed by atoms with Gasteiger partial charge in [-0.05, 0) is 89.5 Å². The fourth-order valence-electron chi connectivity index (χ4n) is 17.0. The number of hydrogen-bond donors (Lipinski definition) is 0. The molecule has 68 heavy (non-hydrogen) atoms. The van der Waals surface area contributed by atoms with Gasteiger partial charge in [0.1, 0.15) is 14.0 Å². The first-order valence-electron chi connectivity index (χ1n) is 26.9. The third kappa shape index (κ3) is 7.11. The van der Waals surface area contributed by atoms with Crippen molar-refractivity contribution in [3.8, 4) is 5.75 Å². The van der Waals surface area contributed by atoms with Crippen molar-refractivity contribution >= 4 is 41.4 Å². The second-order valence-corrected chi connectivity index (χ2v) is 40.9. The molecule has 3 aromatic rings. The van der Waals surface area contributed by atoms with Crippen molar-refractivity contribution in [3.05, 3.63) is 156 Å². The minimum atomic E-state index is -1.73. The van der Waals surface area contributed by atoms with E-state index in [4.69, 9.17) is 4.74 Å². The van der Waals surface area contributed by atoms with Crippen molar-refractivity contribution in [2.45, 2.75) is 120 Å². The second-order valence-electron chi connectivity index (χ2n) is 25.8. The molecule has 9 aliphatic rings. The van der Waals surface area contributed by atoms with Crippen molar-refractivity contribution in [1.82, 2.24) is 0 Å². The van der Waals surface area contributed by atoms with Crippen LogP contribution in [0.3, 0.4) is 0 Å². The minimum Gasteiger partial charge on any atom is -0.497 e. The van der Waals surface area contributed by atoms with Gasteiger partial charge in [0, 0.05) is 83.0 Å². The van der Waals surface area contributed by atoms with E-state index in [1.165, 1.54) is 48.5 Å². The summed E-state index contributed by atoms with van der Waals surface area (Å²) in [6, 6.07) is 28.7. The maximum Gasteiger partial charge on any atom is 0.147 e. The number of aryl methyl sites for hydroxylation is 1. The molecule has 356 valence electrons. The van der Waals surface area contributed by atoms with Gasteiger partial charge in [-0.25, -0.2) is 0 Å². The highest BCUT2D eigenvalue weighted by Crippen LogP contribution is 2.63. The van der Waals surface area contributed by atoms with Gasteiger partial charge in [0.05, 0.1) is 23.3 Å². The molecule has 15 atom stereocenters. The van der Waals surface area contributed by atoms with Gasteiger partial charge in [0.2, 0.25) is 0 Å². The molecule has 0 bridgehead atoms. The standard InChI is InChI=1S/C61H79N3OSi3/c1-39-27-29-54-51(35-39)56-40(2)42-19-11-14-22-47(42)59(56)63(54)38-68(9,10)33-31-45-43-20-12-15-23-48(43)60-57(45)50-25-17-18-26-53(50)62(60)37-67(7,8)34-32-46-44-21-13-16-24-49(44)61-58(46)52-36-41(65-3)28-30-55(52)64(61)66(4,5)6/h11-30,35-36,40,42-49,56-61H,31-34,37-38H2,1-10H3. The Balaban J connectivity index is 0.798. The van der Waals surface area contributed by atoms with Crippen LogP contribution in [-0.2, 0) is 0 Å². The summed E-state index contributed by atoms with van der Waals surface area (Å²) in [5.74, 6) is 8.37. The van der Waals surface area contributed by atoms with Gasteiger partial charge < -0.3 is 19.1 Å². The van der Waals surface area contributed by atoms with Gasteiger partial charge in [-0.15, -0.1) is 0 Å². The highest BCUT2D eigenvalue weighted by molar-refractivity contribution is 6.80. The highest BCUT2D eigenvalue weighted by atomic mass is 28.3. The lowest BCUT2D eigenvalue weighted by atomic mass is 9.81. The smallest absolute Gasteiger partial charge is 0.147 e. The van der Waals surface area contributed by atoms with Gasteiger partial charge in [0.15, 0.2) is 0 Å². The Morgan fingerprint density at radius 2 is 0.985 bits per heavy atom. The molecule has 4 nitrogen and oxygen atoms in total. The van der Waals surface area contributed by atoms with E-state index < -0.39 is 24.4 Å². The van der Waals surface area contributed by atoms with Crippen LogP contribution in [0, 0.1) is 60.2 Å². The molecule has 12 rings (SSSR count). The number of fused-ring (bicyclic) bond motifs is 15. The zero-order valence-corrected chi connectivity index (χ0v) is 45.9. The summed E-state index contributed by atoms with van der Waals surface area (Å²) < 4.78 is 8.86. The number of nitrogens with zero attached hydrogens (tertiary/aromatic N) is 3. The molecule has 15 unspecified atom stereocenters. The average Bonchev–Trinajstić information content (AvgIpc) is 4.13. The Labute approximate surface area is 413 Å². The number of rotatable bonds is 12. The number of anilines is 3. The molecule has 3 aliphatic heterocycles. The first-order valence-corrected chi connectivity index (χ1v) is 37.2. The molecule has 3 fully saturated rings. The van der Waals surface area contributed by atoms with Gasteiger partial charge in [-0.1, -0.05) is 186 Å². The fourth-order valence-corrected chi connectivity index (χ4v) is 24.3. The average molecular weight is 955 g/mol. The van der Waals surface area contributed by atoms with E-state index in [-0.39, 0.29) is 0 Å². The van der Waals surface area contributed by atoms with Gasteiger partial charge in [-0.3, -0.25) is 0 Å². The zero-order chi connectivity index (χ0) is 47.0. The molecule has 0 radical (unpaired) electrons. The third-order valence-electron chi connectivity index (χ3n) is 19.6. The van der Waals surface area contributed by atoms with Gasteiger partial charge in [0.25, 0.3) is 0 Å². The van der Waals surface area contributed by atoms with Crippen molar-refractivity contribution < 1.29 is 4.74 Å². The first-order chi connectivity index (χ1) is 32.6. The molecule has 0 spiro atoms. The predicted molar refractivity (Wildman–Crippen MR) is 296 cm³/mol. The summed E-state index contributed by atoms with van der Waals surface area (Å²) in [5.41, 5.74) is 10.9. The van der Waals surface area contributed by atoms with E-state index in [1.54, 1.807) is 28.1 Å². The van der Waals surface area contributed by atoms with Crippen LogP contribution in [-0.4, -0.2) is 62.0 Å². The van der Waals surface area contributed by atoms with Crippen LogP contribution >= 0.6 is 0 Å². The quantitative estimate of drug-likeness (QED) is 0.168. The normalized spacial score (nSPS) is 35.3. The summed E-state index contributed by atoms with van der Waals surface area (Å²) in [7, 11) is -3.24. The van der Waals surface area contributed by atoms with Crippen molar-refractivity contribution in [3.63, 3.8) is 0 Å². The van der Waals surface area contributed by atoms with E-state index >= 15 is 0 Å². The fraction of sp³-hybridized carbons (Fsp3) is 0.508. The Kier molecular flexibility index (Phi) is 11.0. The van der Waals surface area contributed by atoms with Crippen LogP contribution in [0.25, 0.3) is 0 Å². The molecule has 0 amide bonds. The maximum absolute atomic E-state index is 5.92. The lowest BCUT2D eigenvalue weighted by Gasteiger charge is -2.41. The number of benzene rings is 3. The molecule has 3 heterocycles. The number of methoxy groups -OCH3 is 1. The van der Waals surface area contributed by atoms with E-state index in [9.17, 15) is 0 Å². The first kappa shape index (κ1) is 45.1. The number of allylic oxidation sites excluding steroid dienone is 9. The molecule has 0 aromatic heterocycles. The molecule has 6 aliphatic carbocycles. The monoisotopic (exact) mass is 954 g/mol. The Hall–Kier alpha value is -4.05. The largest absolute Gasteiger partial charge is 0.497 e. The lowest BCUT2D eigenvalue weighted by Crippen LogP contribution is -2.52. The summed E-state index contributed by atoms with van der Waals surface area (Å²) in [6.45, 7) is 23.5. The van der Waals surface area contributed by atoms with Crippen molar-refractivity contribution in [1.29, 1.82) is 0 Å². The van der Waals surface area contributed by atoms with Gasteiger partial charge in [-0.2, -0.15) is 0 Å². The summed E-state index contributed by atoms with van der Waals surface area (Å²) >= 11 is 0. The second kappa shape index (κ2) is 16.5. The Bertz CT molecular complexity index is 2650. The predicted octanol–water partition coefficient (Wildman–Crippen LogP) is 14.3. The van der Waals surface area contributed by atoms with E-state index in [0.29, 0.717) is 89.1 Å². The Morgan fingerprint density at radius 1 is 0.500 bits per heavy atom. The molecule has 7 heteroatoms. The molecule has 0 saturated heterocycles. The topological polar surface area (TPSA) is 19.0 Å². The summed E-state index contributed by atoms with van der Waals surface area (Å²) in [6.07, 6.45) is 34.9. The van der Waals surface area contributed by atoms with Crippen LogP contribution in [0.5, 0.6) is 5.75 Å². The maximum atomic E-state index is 5.92. The highest BCUT2D eigenvalue weighted by Gasteiger charge is 2.60. The lowest BCUT2D eigenvalue weighted by molar-refractivity contribution is 0.380. The molecule has 3 aromatic carbocycles. The van der Waals surface area contributed by atoms with E-state index in [2.05, 4.69) is 208 Å². The van der Waals surface area contributed by atoms with Crippen LogP contribution in [0.1, 0.15) is 59.8 Å². The summed E-state index contributed by atoms with van der Waals surface area (Å²) in [4.78, 5) is 5.99. The molecular weight excluding hydrogens is 875 g/mol. The van der Waals surface area contributed by atoms with Crippen LogP contribution < -0.4 is 19.1 Å². The van der Waals surface area contributed by atoms with Gasteiger partial charge >= 0.3 is 0 Å². The zero-order valence-electron chi connectivity index (χ0n) is 42.9. The third-order valence-corrected chi connectivity index (χ3v) is 27.3. The van der Waals surface area contributed by atoms with E-state index in [1.807, 2.05) is 7.11 Å². The number of ether oxygens (including phenoxy) is 1. The molecule has 0 N–H and O–H groups in total. The van der Waals surface area contributed by atoms with E-state index in [0.717, 1.165) is 5.75 Å². The van der Waals surface area contributed by atoms with Crippen LogP contribution in [0.2, 0.25) is 57.9 Å².